The lowest BCUT2D eigenvalue weighted by Crippen LogP contribution is -2.14. The number of rotatable bonds is 3. The molecule has 0 bridgehead atoms. The molecule has 2 aromatic carbocycles. The summed E-state index contributed by atoms with van der Waals surface area (Å²) in [6.45, 7) is 0. The molecule has 5 heteroatoms. The summed E-state index contributed by atoms with van der Waals surface area (Å²) in [6, 6.07) is 10.1. The highest BCUT2D eigenvalue weighted by molar-refractivity contribution is 5.92. The second-order valence-corrected chi connectivity index (χ2v) is 4.08. The number of anilines is 1. The van der Waals surface area contributed by atoms with E-state index in [-0.39, 0.29) is 29.6 Å². The van der Waals surface area contributed by atoms with Crippen molar-refractivity contribution < 1.29 is 20.1 Å². The van der Waals surface area contributed by atoms with Crippen LogP contribution in [0.25, 0.3) is 0 Å². The van der Waals surface area contributed by atoms with E-state index in [1.165, 1.54) is 30.3 Å². The van der Waals surface area contributed by atoms with Crippen molar-refractivity contribution >= 4 is 11.6 Å². The molecule has 2 rings (SSSR count). The predicted molar refractivity (Wildman–Crippen MR) is 70.2 cm³/mol. The Morgan fingerprint density at radius 1 is 0.947 bits per heavy atom. The zero-order valence-electron chi connectivity index (χ0n) is 10.00. The summed E-state index contributed by atoms with van der Waals surface area (Å²) in [5.74, 6) is -0.265. The highest BCUT2D eigenvalue weighted by Gasteiger charge is 2.09. The Kier molecular flexibility index (Phi) is 3.56. The number of phenols is 3. The molecule has 0 radical (unpaired) electrons. The van der Waals surface area contributed by atoms with E-state index >= 15 is 0 Å². The first-order chi connectivity index (χ1) is 9.04. The Morgan fingerprint density at radius 2 is 1.58 bits per heavy atom. The summed E-state index contributed by atoms with van der Waals surface area (Å²) < 4.78 is 0. The molecule has 0 spiro atoms. The van der Waals surface area contributed by atoms with E-state index in [0.29, 0.717) is 11.3 Å². The first-order valence-corrected chi connectivity index (χ1v) is 5.64. The zero-order chi connectivity index (χ0) is 13.8. The van der Waals surface area contributed by atoms with Gasteiger partial charge in [0.1, 0.15) is 17.2 Å². The van der Waals surface area contributed by atoms with E-state index in [1.807, 2.05) is 0 Å². The van der Waals surface area contributed by atoms with Crippen LogP contribution in [0.3, 0.4) is 0 Å². The minimum atomic E-state index is -0.327. The lowest BCUT2D eigenvalue weighted by molar-refractivity contribution is -0.115. The molecule has 0 aliphatic heterocycles. The maximum Gasteiger partial charge on any atom is 0.228 e. The molecule has 98 valence electrons. The summed E-state index contributed by atoms with van der Waals surface area (Å²) >= 11 is 0. The molecule has 0 fully saturated rings. The van der Waals surface area contributed by atoms with Gasteiger partial charge >= 0.3 is 0 Å². The minimum Gasteiger partial charge on any atom is -0.508 e. The molecule has 5 nitrogen and oxygen atoms in total. The van der Waals surface area contributed by atoms with Crippen molar-refractivity contribution in [2.45, 2.75) is 6.42 Å². The molecule has 0 heterocycles. The van der Waals surface area contributed by atoms with E-state index in [4.69, 9.17) is 5.11 Å². The highest BCUT2D eigenvalue weighted by Crippen LogP contribution is 2.23. The molecule has 0 atom stereocenters. The van der Waals surface area contributed by atoms with Crippen LogP contribution in [0.1, 0.15) is 5.56 Å². The molecular formula is C14H13NO4. The van der Waals surface area contributed by atoms with E-state index in [0.717, 1.165) is 0 Å². The smallest absolute Gasteiger partial charge is 0.228 e. The normalized spacial score (nSPS) is 10.1. The molecule has 2 aromatic rings. The summed E-state index contributed by atoms with van der Waals surface area (Å²) in [4.78, 5) is 11.8. The fourth-order valence-electron chi connectivity index (χ4n) is 1.64. The Labute approximate surface area is 109 Å². The number of phenolic OH excluding ortho intramolecular Hbond substituents is 3. The summed E-state index contributed by atoms with van der Waals surface area (Å²) in [6.07, 6.45) is -0.0545. The van der Waals surface area contributed by atoms with Gasteiger partial charge in [-0.1, -0.05) is 0 Å². The number of carbonyl (C=O) groups excluding carboxylic acids is 1. The molecule has 0 aromatic heterocycles. The average Bonchev–Trinajstić information content (AvgIpc) is 2.37. The Hall–Kier alpha value is -2.69. The van der Waals surface area contributed by atoms with Crippen molar-refractivity contribution in [2.24, 2.45) is 0 Å². The molecule has 1 amide bonds. The molecular weight excluding hydrogens is 246 g/mol. The van der Waals surface area contributed by atoms with Gasteiger partial charge in [0, 0.05) is 11.3 Å². The van der Waals surface area contributed by atoms with Gasteiger partial charge in [0.2, 0.25) is 5.91 Å². The number of hydrogen-bond acceptors (Lipinski definition) is 4. The lowest BCUT2D eigenvalue weighted by atomic mass is 10.1. The van der Waals surface area contributed by atoms with Gasteiger partial charge in [-0.05, 0) is 42.5 Å². The summed E-state index contributed by atoms with van der Waals surface area (Å²) in [5, 5.41) is 30.6. The fourth-order valence-corrected chi connectivity index (χ4v) is 1.64. The molecule has 0 saturated heterocycles. The third kappa shape index (κ3) is 3.38. The summed E-state index contributed by atoms with van der Waals surface area (Å²) in [7, 11) is 0. The Balaban J connectivity index is 2.05. The number of hydrogen-bond donors (Lipinski definition) is 4. The molecule has 0 aliphatic carbocycles. The van der Waals surface area contributed by atoms with Crippen molar-refractivity contribution in [3.05, 3.63) is 48.0 Å². The van der Waals surface area contributed by atoms with Gasteiger partial charge in [0.05, 0.1) is 6.42 Å². The maximum absolute atomic E-state index is 11.8. The molecule has 0 saturated carbocycles. The standard InChI is InChI=1S/C14H13NO4/c16-11-3-1-10(2-4-11)15-14(19)8-9-7-12(17)5-6-13(9)18/h1-7,16-18H,8H2,(H,15,19). The predicted octanol–water partition coefficient (Wildman–Crippen LogP) is 1.98. The number of amides is 1. The average molecular weight is 259 g/mol. The number of nitrogens with one attached hydrogen (secondary N) is 1. The quantitative estimate of drug-likeness (QED) is 0.634. The minimum absolute atomic E-state index is 0.00904. The largest absolute Gasteiger partial charge is 0.508 e. The van der Waals surface area contributed by atoms with Crippen LogP contribution >= 0.6 is 0 Å². The molecule has 0 aliphatic rings. The number of carbonyl (C=O) groups is 1. The third-order valence-corrected chi connectivity index (χ3v) is 2.57. The monoisotopic (exact) mass is 259 g/mol. The molecule has 4 N–H and O–H groups in total. The lowest BCUT2D eigenvalue weighted by Gasteiger charge is -2.07. The number of benzene rings is 2. The van der Waals surface area contributed by atoms with Crippen molar-refractivity contribution in [2.75, 3.05) is 5.32 Å². The van der Waals surface area contributed by atoms with Crippen LogP contribution in [0.4, 0.5) is 5.69 Å². The van der Waals surface area contributed by atoms with Crippen LogP contribution in [-0.2, 0) is 11.2 Å². The zero-order valence-corrected chi connectivity index (χ0v) is 10.00. The van der Waals surface area contributed by atoms with Crippen molar-refractivity contribution in [1.82, 2.24) is 0 Å². The van der Waals surface area contributed by atoms with Gasteiger partial charge in [-0.3, -0.25) is 4.79 Å². The first-order valence-electron chi connectivity index (χ1n) is 5.64. The van der Waals surface area contributed by atoms with E-state index < -0.39 is 0 Å². The Morgan fingerprint density at radius 3 is 2.26 bits per heavy atom. The SMILES string of the molecule is O=C(Cc1cc(O)ccc1O)Nc1ccc(O)cc1. The van der Waals surface area contributed by atoms with Crippen LogP contribution in [0.15, 0.2) is 42.5 Å². The summed E-state index contributed by atoms with van der Waals surface area (Å²) in [5.41, 5.74) is 0.888. The van der Waals surface area contributed by atoms with Crippen LogP contribution in [-0.4, -0.2) is 21.2 Å². The third-order valence-electron chi connectivity index (χ3n) is 2.57. The van der Waals surface area contributed by atoms with Crippen molar-refractivity contribution in [3.8, 4) is 17.2 Å². The van der Waals surface area contributed by atoms with Crippen LogP contribution in [0.2, 0.25) is 0 Å². The first kappa shape index (κ1) is 12.8. The van der Waals surface area contributed by atoms with Gasteiger partial charge in [-0.2, -0.15) is 0 Å². The van der Waals surface area contributed by atoms with Gasteiger partial charge < -0.3 is 20.6 Å². The van der Waals surface area contributed by atoms with Crippen molar-refractivity contribution in [3.63, 3.8) is 0 Å². The molecule has 0 unspecified atom stereocenters. The topological polar surface area (TPSA) is 89.8 Å². The Bertz CT molecular complexity index is 593. The molecule has 19 heavy (non-hydrogen) atoms. The van der Waals surface area contributed by atoms with E-state index in [2.05, 4.69) is 5.32 Å². The van der Waals surface area contributed by atoms with Gasteiger partial charge in [-0.15, -0.1) is 0 Å². The highest BCUT2D eigenvalue weighted by atomic mass is 16.3. The van der Waals surface area contributed by atoms with E-state index in [9.17, 15) is 15.0 Å². The van der Waals surface area contributed by atoms with Crippen molar-refractivity contribution in [1.29, 1.82) is 0 Å². The second-order valence-electron chi connectivity index (χ2n) is 4.08. The van der Waals surface area contributed by atoms with E-state index in [1.54, 1.807) is 12.1 Å². The van der Waals surface area contributed by atoms with Gasteiger partial charge in [0.15, 0.2) is 0 Å². The van der Waals surface area contributed by atoms with Crippen LogP contribution < -0.4 is 5.32 Å². The van der Waals surface area contributed by atoms with Gasteiger partial charge in [-0.25, -0.2) is 0 Å². The number of aromatic hydroxyl groups is 3. The fraction of sp³-hybridized carbons (Fsp3) is 0.0714. The maximum atomic E-state index is 11.8. The van der Waals surface area contributed by atoms with Crippen LogP contribution in [0.5, 0.6) is 17.2 Å². The van der Waals surface area contributed by atoms with Gasteiger partial charge in [0.25, 0.3) is 0 Å². The second kappa shape index (κ2) is 5.30. The van der Waals surface area contributed by atoms with Crippen LogP contribution in [0, 0.1) is 0 Å².